The van der Waals surface area contributed by atoms with E-state index in [0.29, 0.717) is 61.1 Å². The van der Waals surface area contributed by atoms with E-state index in [0.717, 1.165) is 0 Å². The van der Waals surface area contributed by atoms with Gasteiger partial charge in [-0.3, -0.25) is 9.36 Å². The first kappa shape index (κ1) is 26.4. The minimum Gasteiger partial charge on any atom is -0.504 e. The minimum atomic E-state index is -0.718. The van der Waals surface area contributed by atoms with E-state index in [9.17, 15) is 14.7 Å². The number of hydrogen-bond acceptors (Lipinski definition) is 7. The molecule has 4 rings (SSSR count). The largest absolute Gasteiger partial charge is 0.504 e. The van der Waals surface area contributed by atoms with E-state index >= 15 is 0 Å². The monoisotopic (exact) mass is 538 g/mol. The molecule has 0 saturated carbocycles. The van der Waals surface area contributed by atoms with Crippen molar-refractivity contribution in [3.05, 3.63) is 102 Å². The number of rotatable bonds is 8. The zero-order chi connectivity index (χ0) is 26.7. The second-order valence-electron chi connectivity index (χ2n) is 8.31. The maximum atomic E-state index is 13.8. The Bertz CT molecular complexity index is 1570. The van der Waals surface area contributed by atoms with Crippen molar-refractivity contribution in [1.82, 2.24) is 4.57 Å². The first-order valence-corrected chi connectivity index (χ1v) is 13.0. The highest BCUT2D eigenvalue weighted by Gasteiger charge is 2.33. The number of halogens is 1. The van der Waals surface area contributed by atoms with E-state index in [-0.39, 0.29) is 17.9 Å². The molecule has 7 nitrogen and oxygen atoms in total. The van der Waals surface area contributed by atoms with E-state index in [1.54, 1.807) is 62.4 Å². The maximum Gasteiger partial charge on any atom is 0.338 e. The summed E-state index contributed by atoms with van der Waals surface area (Å²) in [6, 6.07) is 9.79. The number of benzene rings is 2. The third kappa shape index (κ3) is 5.26. The second kappa shape index (κ2) is 11.2. The molecule has 1 aliphatic rings. The summed E-state index contributed by atoms with van der Waals surface area (Å²) in [7, 11) is 0. The molecule has 0 bridgehead atoms. The van der Waals surface area contributed by atoms with Crippen molar-refractivity contribution in [3.63, 3.8) is 0 Å². The van der Waals surface area contributed by atoms with Gasteiger partial charge in [0.15, 0.2) is 16.3 Å². The molecule has 1 aromatic heterocycles. The average Bonchev–Trinajstić information content (AvgIpc) is 3.16. The lowest BCUT2D eigenvalue weighted by Gasteiger charge is -2.24. The number of fused-ring (bicyclic) bond motifs is 1. The molecule has 2 aromatic carbocycles. The Morgan fingerprint density at radius 1 is 1.24 bits per heavy atom. The number of phenolic OH excluding ortho intramolecular Hbond substituents is 1. The van der Waals surface area contributed by atoms with Crippen LogP contribution in [0, 0.1) is 0 Å². The number of ether oxygens (including phenoxy) is 2. The van der Waals surface area contributed by atoms with Gasteiger partial charge in [-0.15, -0.1) is 6.58 Å². The van der Waals surface area contributed by atoms with Crippen molar-refractivity contribution in [2.75, 3.05) is 13.2 Å². The third-order valence-electron chi connectivity index (χ3n) is 5.84. The fraction of sp³-hybridized carbons (Fsp3) is 0.250. The topological polar surface area (TPSA) is 90.1 Å². The summed E-state index contributed by atoms with van der Waals surface area (Å²) in [6.45, 7) is 9.63. The van der Waals surface area contributed by atoms with Gasteiger partial charge in [0.05, 0.1) is 35.1 Å². The summed E-state index contributed by atoms with van der Waals surface area (Å²) in [5.41, 5.74) is 2.54. The molecular formula is C28H27ClN2O5S. The summed E-state index contributed by atoms with van der Waals surface area (Å²) in [5, 5.41) is 11.1. The van der Waals surface area contributed by atoms with Crippen LogP contribution in [0.5, 0.6) is 11.5 Å². The van der Waals surface area contributed by atoms with Crippen molar-refractivity contribution >= 4 is 35.0 Å². The molecule has 2 heterocycles. The Kier molecular flexibility index (Phi) is 8.00. The van der Waals surface area contributed by atoms with Gasteiger partial charge in [-0.25, -0.2) is 9.79 Å². The van der Waals surface area contributed by atoms with Crippen molar-refractivity contribution in [1.29, 1.82) is 0 Å². The Morgan fingerprint density at radius 2 is 1.97 bits per heavy atom. The standard InChI is InChI=1S/C28H27ClN2O5S/c1-5-8-19-13-17(14-21(25(19)32)35-6-2)15-22-26(33)31-24(18-9-11-20(29)12-10-18)23(27(34)36-7-3)16(4)30-28(31)37-22/h5,9-15,24,32H,1,6-8H2,2-4H3/b22-15+/t24-/m1/s1. The van der Waals surface area contributed by atoms with Crippen LogP contribution in [-0.2, 0) is 16.0 Å². The van der Waals surface area contributed by atoms with Crippen molar-refractivity contribution in [2.24, 2.45) is 4.99 Å². The molecule has 9 heteroatoms. The lowest BCUT2D eigenvalue weighted by molar-refractivity contribution is -0.139. The maximum absolute atomic E-state index is 13.8. The highest BCUT2D eigenvalue weighted by atomic mass is 35.5. The summed E-state index contributed by atoms with van der Waals surface area (Å²) < 4.78 is 12.9. The van der Waals surface area contributed by atoms with Gasteiger partial charge in [0.25, 0.3) is 5.56 Å². The lowest BCUT2D eigenvalue weighted by Crippen LogP contribution is -2.39. The molecular weight excluding hydrogens is 512 g/mol. The number of carbonyl (C=O) groups is 1. The molecule has 1 N–H and O–H groups in total. The number of carbonyl (C=O) groups excluding carboxylic acids is 1. The van der Waals surface area contributed by atoms with E-state index in [1.807, 2.05) is 6.92 Å². The number of hydrogen-bond donors (Lipinski definition) is 1. The van der Waals surface area contributed by atoms with Crippen LogP contribution in [0.4, 0.5) is 0 Å². The van der Waals surface area contributed by atoms with Gasteiger partial charge in [-0.2, -0.15) is 0 Å². The number of aromatic nitrogens is 1. The van der Waals surface area contributed by atoms with Crippen molar-refractivity contribution in [3.8, 4) is 11.5 Å². The van der Waals surface area contributed by atoms with Gasteiger partial charge >= 0.3 is 5.97 Å². The smallest absolute Gasteiger partial charge is 0.338 e. The van der Waals surface area contributed by atoms with Crippen LogP contribution < -0.4 is 19.6 Å². The number of aromatic hydroxyl groups is 1. The van der Waals surface area contributed by atoms with Gasteiger partial charge in [-0.05, 0) is 68.7 Å². The fourth-order valence-electron chi connectivity index (χ4n) is 4.25. The van der Waals surface area contributed by atoms with Gasteiger partial charge in [0.1, 0.15) is 0 Å². The zero-order valence-electron chi connectivity index (χ0n) is 20.8. The molecule has 3 aromatic rings. The molecule has 0 aliphatic carbocycles. The SMILES string of the molecule is C=CCc1cc(/C=c2/sc3n(c2=O)[C@H](c2ccc(Cl)cc2)C(C(=O)OCC)=C(C)N=3)cc(OCC)c1O. The number of esters is 1. The van der Waals surface area contributed by atoms with E-state index in [1.165, 1.54) is 15.9 Å². The van der Waals surface area contributed by atoms with Crippen LogP contribution in [0.15, 0.2) is 70.1 Å². The Labute approximate surface area is 223 Å². The summed E-state index contributed by atoms with van der Waals surface area (Å²) in [6.07, 6.45) is 3.86. The van der Waals surface area contributed by atoms with Crippen LogP contribution in [0.25, 0.3) is 6.08 Å². The van der Waals surface area contributed by atoms with Crippen LogP contribution in [0.3, 0.4) is 0 Å². The van der Waals surface area contributed by atoms with Crippen molar-refractivity contribution < 1.29 is 19.4 Å². The number of nitrogens with zero attached hydrogens (tertiary/aromatic N) is 2. The van der Waals surface area contributed by atoms with Gasteiger partial charge < -0.3 is 14.6 Å². The molecule has 0 spiro atoms. The quantitative estimate of drug-likeness (QED) is 0.341. The molecule has 1 aliphatic heterocycles. The first-order valence-electron chi connectivity index (χ1n) is 11.8. The zero-order valence-corrected chi connectivity index (χ0v) is 22.4. The molecule has 0 amide bonds. The number of phenols is 1. The third-order valence-corrected chi connectivity index (χ3v) is 7.08. The summed E-state index contributed by atoms with van der Waals surface area (Å²) in [5.74, 6) is -0.134. The minimum absolute atomic E-state index is 0.0535. The Morgan fingerprint density at radius 3 is 2.62 bits per heavy atom. The fourth-order valence-corrected chi connectivity index (χ4v) is 5.43. The number of allylic oxidation sites excluding steroid dienone is 2. The molecule has 0 saturated heterocycles. The van der Waals surface area contributed by atoms with E-state index < -0.39 is 12.0 Å². The Balaban J connectivity index is 1.94. The highest BCUT2D eigenvalue weighted by molar-refractivity contribution is 7.07. The van der Waals surface area contributed by atoms with Crippen LogP contribution in [0.2, 0.25) is 5.02 Å². The number of thiazole rings is 1. The molecule has 0 radical (unpaired) electrons. The van der Waals surface area contributed by atoms with Gasteiger partial charge in [0, 0.05) is 10.6 Å². The van der Waals surface area contributed by atoms with Crippen molar-refractivity contribution in [2.45, 2.75) is 33.2 Å². The predicted molar refractivity (Wildman–Crippen MR) is 145 cm³/mol. The Hall–Kier alpha value is -3.62. The highest BCUT2D eigenvalue weighted by Crippen LogP contribution is 2.33. The summed E-state index contributed by atoms with van der Waals surface area (Å²) >= 11 is 7.33. The summed E-state index contributed by atoms with van der Waals surface area (Å²) in [4.78, 5) is 31.8. The van der Waals surface area contributed by atoms with E-state index in [4.69, 9.17) is 21.1 Å². The molecule has 192 valence electrons. The van der Waals surface area contributed by atoms with Gasteiger partial charge in [0.2, 0.25) is 0 Å². The van der Waals surface area contributed by atoms with Gasteiger partial charge in [-0.1, -0.05) is 41.1 Å². The first-order chi connectivity index (χ1) is 17.8. The van der Waals surface area contributed by atoms with Crippen LogP contribution >= 0.6 is 22.9 Å². The van der Waals surface area contributed by atoms with Crippen LogP contribution in [0.1, 0.15) is 43.5 Å². The second-order valence-corrected chi connectivity index (χ2v) is 9.75. The predicted octanol–water partition coefficient (Wildman–Crippen LogP) is 4.28. The average molecular weight is 539 g/mol. The lowest BCUT2D eigenvalue weighted by atomic mass is 9.96. The molecule has 0 fully saturated rings. The van der Waals surface area contributed by atoms with E-state index in [2.05, 4.69) is 11.6 Å². The molecule has 37 heavy (non-hydrogen) atoms. The normalized spacial score (nSPS) is 15.2. The molecule has 0 unspecified atom stereocenters. The van der Waals surface area contributed by atoms with Crippen LogP contribution in [-0.4, -0.2) is 28.9 Å². The molecule has 1 atom stereocenters.